The highest BCUT2D eigenvalue weighted by atomic mass is 79.9. The van der Waals surface area contributed by atoms with E-state index in [9.17, 15) is 4.79 Å². The van der Waals surface area contributed by atoms with Gasteiger partial charge in [-0.15, -0.1) is 11.3 Å². The summed E-state index contributed by atoms with van der Waals surface area (Å²) < 4.78 is 6.60. The van der Waals surface area contributed by atoms with E-state index in [1.54, 1.807) is 11.3 Å². The number of carbonyl (C=O) groups is 1. The van der Waals surface area contributed by atoms with Crippen LogP contribution < -0.4 is 5.32 Å². The third-order valence-corrected chi connectivity index (χ3v) is 4.75. The van der Waals surface area contributed by atoms with Gasteiger partial charge in [0.2, 0.25) is 0 Å². The number of rotatable bonds is 4. The van der Waals surface area contributed by atoms with Crippen molar-refractivity contribution in [1.29, 1.82) is 0 Å². The number of ether oxygens (including phenoxy) is 1. The Bertz CT molecular complexity index is 308. The molecule has 14 heavy (non-hydrogen) atoms. The predicted molar refractivity (Wildman–Crippen MR) is 63.4 cm³/mol. The fourth-order valence-electron chi connectivity index (χ4n) is 0.838. The lowest BCUT2D eigenvalue weighted by atomic mass is 10.4. The van der Waals surface area contributed by atoms with Gasteiger partial charge in [-0.25, -0.2) is 0 Å². The normalized spacial score (nSPS) is 10.2. The van der Waals surface area contributed by atoms with Gasteiger partial charge in [-0.2, -0.15) is 0 Å². The first-order valence-corrected chi connectivity index (χ1v) is 6.25. The van der Waals surface area contributed by atoms with Crippen molar-refractivity contribution in [3.63, 3.8) is 0 Å². The summed E-state index contributed by atoms with van der Waals surface area (Å²) in [6, 6.07) is 2.01. The van der Waals surface area contributed by atoms with Gasteiger partial charge in [0.15, 0.2) is 0 Å². The maximum absolute atomic E-state index is 10.8. The van der Waals surface area contributed by atoms with Crippen LogP contribution in [-0.4, -0.2) is 19.6 Å². The molecule has 0 unspecified atom stereocenters. The predicted octanol–water partition coefficient (Wildman–Crippen LogP) is 2.54. The Hall–Kier alpha value is 0.0900. The Labute approximate surface area is 103 Å². The summed E-state index contributed by atoms with van der Waals surface area (Å²) >= 11 is 8.43. The molecule has 0 atom stereocenters. The van der Waals surface area contributed by atoms with Crippen molar-refractivity contribution in [2.75, 3.05) is 13.7 Å². The highest BCUT2D eigenvalue weighted by Crippen LogP contribution is 2.32. The molecule has 6 heteroatoms. The molecule has 3 nitrogen and oxygen atoms in total. The quantitative estimate of drug-likeness (QED) is 0.854. The first-order chi connectivity index (χ1) is 6.63. The number of methoxy groups -OCH3 is 1. The largest absolute Gasteiger partial charge is 0.468 e. The fourth-order valence-corrected chi connectivity index (χ4v) is 2.98. The molecule has 1 aromatic rings. The average molecular weight is 343 g/mol. The highest BCUT2D eigenvalue weighted by Gasteiger charge is 2.04. The smallest absolute Gasteiger partial charge is 0.319 e. The first kappa shape index (κ1) is 12.2. The molecule has 0 radical (unpaired) electrons. The van der Waals surface area contributed by atoms with Gasteiger partial charge in [0.1, 0.15) is 0 Å². The fraction of sp³-hybridized carbons (Fsp3) is 0.375. The summed E-state index contributed by atoms with van der Waals surface area (Å²) in [5.41, 5.74) is 0. The third-order valence-electron chi connectivity index (χ3n) is 1.49. The lowest BCUT2D eigenvalue weighted by Gasteiger charge is -2.00. The van der Waals surface area contributed by atoms with Crippen molar-refractivity contribution in [2.24, 2.45) is 0 Å². The van der Waals surface area contributed by atoms with E-state index in [2.05, 4.69) is 41.9 Å². The molecular weight excluding hydrogens is 334 g/mol. The molecule has 0 fully saturated rings. The molecule has 0 saturated carbocycles. The molecule has 0 saturated heterocycles. The first-order valence-electron chi connectivity index (χ1n) is 3.84. The minimum Gasteiger partial charge on any atom is -0.468 e. The third kappa shape index (κ3) is 3.68. The highest BCUT2D eigenvalue weighted by molar-refractivity contribution is 9.13. The number of esters is 1. The van der Waals surface area contributed by atoms with E-state index in [-0.39, 0.29) is 12.5 Å². The summed E-state index contributed by atoms with van der Waals surface area (Å²) in [4.78, 5) is 11.9. The summed E-state index contributed by atoms with van der Waals surface area (Å²) in [5, 5.41) is 2.99. The lowest BCUT2D eigenvalue weighted by molar-refractivity contribution is -0.139. The van der Waals surface area contributed by atoms with Crippen molar-refractivity contribution in [2.45, 2.75) is 6.54 Å². The van der Waals surface area contributed by atoms with Crippen molar-refractivity contribution >= 4 is 49.2 Å². The van der Waals surface area contributed by atoms with Gasteiger partial charge in [-0.05, 0) is 37.9 Å². The van der Waals surface area contributed by atoms with Crippen LogP contribution in [0.25, 0.3) is 0 Å². The Balaban J connectivity index is 2.35. The van der Waals surface area contributed by atoms with Gasteiger partial charge in [0.05, 0.1) is 17.4 Å². The summed E-state index contributed by atoms with van der Waals surface area (Å²) in [7, 11) is 1.38. The minimum atomic E-state index is -0.250. The molecule has 1 heterocycles. The van der Waals surface area contributed by atoms with Gasteiger partial charge < -0.3 is 10.1 Å². The standard InChI is InChI=1S/C8H9Br2NO2S/c1-13-7(12)4-11-3-5-2-6(9)8(10)14-5/h2,11H,3-4H2,1H3. The second-order valence-electron chi connectivity index (χ2n) is 2.51. The van der Waals surface area contributed by atoms with E-state index >= 15 is 0 Å². The number of carbonyl (C=O) groups excluding carboxylic acids is 1. The van der Waals surface area contributed by atoms with Crippen LogP contribution in [-0.2, 0) is 16.1 Å². The van der Waals surface area contributed by atoms with Crippen LogP contribution in [0.2, 0.25) is 0 Å². The molecule has 0 bridgehead atoms. The van der Waals surface area contributed by atoms with Crippen LogP contribution in [0.5, 0.6) is 0 Å². The van der Waals surface area contributed by atoms with Crippen LogP contribution >= 0.6 is 43.2 Å². The minimum absolute atomic E-state index is 0.240. The topological polar surface area (TPSA) is 38.3 Å². The van der Waals surface area contributed by atoms with E-state index in [0.717, 1.165) is 13.1 Å². The molecule has 1 rings (SSSR count). The Morgan fingerprint density at radius 1 is 1.64 bits per heavy atom. The SMILES string of the molecule is COC(=O)CNCc1cc(Br)c(Br)s1. The second-order valence-corrected chi connectivity index (χ2v) is 5.82. The van der Waals surface area contributed by atoms with Gasteiger partial charge >= 0.3 is 5.97 Å². The number of halogens is 2. The van der Waals surface area contributed by atoms with E-state index in [0.29, 0.717) is 6.54 Å². The molecule has 0 aromatic carbocycles. The van der Waals surface area contributed by atoms with E-state index in [1.165, 1.54) is 7.11 Å². The molecule has 1 aromatic heterocycles. The molecular formula is C8H9Br2NO2S. The molecule has 0 aliphatic rings. The van der Waals surface area contributed by atoms with E-state index in [1.807, 2.05) is 6.07 Å². The van der Waals surface area contributed by atoms with Gasteiger partial charge in [0.25, 0.3) is 0 Å². The summed E-state index contributed by atoms with van der Waals surface area (Å²) in [6.07, 6.45) is 0. The van der Waals surface area contributed by atoms with E-state index < -0.39 is 0 Å². The maximum atomic E-state index is 10.8. The Morgan fingerprint density at radius 2 is 2.36 bits per heavy atom. The molecule has 78 valence electrons. The van der Waals surface area contributed by atoms with Crippen LogP contribution in [0.3, 0.4) is 0 Å². The van der Waals surface area contributed by atoms with Crippen molar-refractivity contribution in [1.82, 2.24) is 5.32 Å². The number of hydrogen-bond acceptors (Lipinski definition) is 4. The molecule has 0 spiro atoms. The zero-order valence-electron chi connectivity index (χ0n) is 7.47. The lowest BCUT2D eigenvalue weighted by Crippen LogP contribution is -2.22. The van der Waals surface area contributed by atoms with Gasteiger partial charge in [-0.3, -0.25) is 4.79 Å². The second kappa shape index (κ2) is 5.85. The summed E-state index contributed by atoms with van der Waals surface area (Å²) in [5.74, 6) is -0.250. The number of thiophene rings is 1. The maximum Gasteiger partial charge on any atom is 0.319 e. The van der Waals surface area contributed by atoms with Crippen LogP contribution in [0, 0.1) is 0 Å². The zero-order valence-corrected chi connectivity index (χ0v) is 11.5. The monoisotopic (exact) mass is 341 g/mol. The number of hydrogen-bond donors (Lipinski definition) is 1. The van der Waals surface area contributed by atoms with E-state index in [4.69, 9.17) is 0 Å². The van der Waals surface area contributed by atoms with Crippen molar-refractivity contribution < 1.29 is 9.53 Å². The van der Waals surface area contributed by atoms with Gasteiger partial charge in [0, 0.05) is 15.9 Å². The average Bonchev–Trinajstić information content (AvgIpc) is 2.46. The Morgan fingerprint density at radius 3 is 2.86 bits per heavy atom. The van der Waals surface area contributed by atoms with Crippen molar-refractivity contribution in [3.05, 3.63) is 19.2 Å². The van der Waals surface area contributed by atoms with Crippen LogP contribution in [0.1, 0.15) is 4.88 Å². The molecule has 0 aliphatic carbocycles. The van der Waals surface area contributed by atoms with Gasteiger partial charge in [-0.1, -0.05) is 0 Å². The number of nitrogens with one attached hydrogen (secondary N) is 1. The van der Waals surface area contributed by atoms with Crippen LogP contribution in [0.4, 0.5) is 0 Å². The zero-order chi connectivity index (χ0) is 10.6. The van der Waals surface area contributed by atoms with Crippen LogP contribution in [0.15, 0.2) is 14.3 Å². The molecule has 0 aliphatic heterocycles. The molecule has 1 N–H and O–H groups in total. The summed E-state index contributed by atoms with van der Waals surface area (Å²) in [6.45, 7) is 0.910. The van der Waals surface area contributed by atoms with Crippen molar-refractivity contribution in [3.8, 4) is 0 Å². The molecule has 0 amide bonds. The Kier molecular flexibility index (Phi) is 5.08.